The van der Waals surface area contributed by atoms with Gasteiger partial charge in [-0.2, -0.15) is 0 Å². The lowest BCUT2D eigenvalue weighted by Crippen LogP contribution is -2.29. The van der Waals surface area contributed by atoms with Crippen molar-refractivity contribution in [2.24, 2.45) is 7.05 Å². The van der Waals surface area contributed by atoms with Gasteiger partial charge in [-0.15, -0.1) is 0 Å². The molecule has 0 saturated heterocycles. The van der Waals surface area contributed by atoms with Crippen LogP contribution < -0.4 is 11.2 Å². The Morgan fingerprint density at radius 3 is 2.50 bits per heavy atom. The maximum absolute atomic E-state index is 12.6. The highest BCUT2D eigenvalue weighted by Gasteiger charge is 2.19. The number of nitrogens with zero attached hydrogens (tertiary/aromatic N) is 3. The normalized spacial score (nSPS) is 11.1. The maximum atomic E-state index is 12.6. The third-order valence-corrected chi connectivity index (χ3v) is 5.95. The van der Waals surface area contributed by atoms with Gasteiger partial charge in [0.05, 0.1) is 12.3 Å². The Labute approximate surface area is 187 Å². The third-order valence-electron chi connectivity index (χ3n) is 5.00. The van der Waals surface area contributed by atoms with Gasteiger partial charge in [-0.3, -0.25) is 19.1 Å². The van der Waals surface area contributed by atoms with Crippen LogP contribution in [0.2, 0.25) is 0 Å². The van der Waals surface area contributed by atoms with Gasteiger partial charge in [-0.05, 0) is 18.1 Å². The number of aromatic amines is 1. The number of H-pyrrole nitrogens is 1. The minimum Gasteiger partial charge on any atom is -0.460 e. The number of imidazole rings is 1. The summed E-state index contributed by atoms with van der Waals surface area (Å²) >= 11 is 1.17. The van der Waals surface area contributed by atoms with E-state index in [2.05, 4.69) is 9.97 Å². The highest BCUT2D eigenvalue weighted by molar-refractivity contribution is 7.99. The van der Waals surface area contributed by atoms with Crippen LogP contribution >= 0.6 is 11.8 Å². The Morgan fingerprint density at radius 2 is 1.78 bits per heavy atom. The van der Waals surface area contributed by atoms with Crippen LogP contribution in [0.4, 0.5) is 0 Å². The van der Waals surface area contributed by atoms with Crippen molar-refractivity contribution in [1.29, 1.82) is 0 Å². The topological polar surface area (TPSA) is 99.0 Å². The summed E-state index contributed by atoms with van der Waals surface area (Å²) in [6, 6.07) is 17.3. The SMILES string of the molecule is Cc1ccc(Cn2c(SCC(=O)OCc3ccccc3)nc3c2c(=O)[nH]c(=O)n3C)cc1. The molecule has 0 fully saturated rings. The van der Waals surface area contributed by atoms with E-state index in [1.165, 1.54) is 16.3 Å². The monoisotopic (exact) mass is 450 g/mol. The summed E-state index contributed by atoms with van der Waals surface area (Å²) in [6.45, 7) is 2.56. The summed E-state index contributed by atoms with van der Waals surface area (Å²) in [7, 11) is 1.55. The van der Waals surface area contributed by atoms with Crippen LogP contribution in [0.15, 0.2) is 69.3 Å². The molecular weight excluding hydrogens is 428 g/mol. The van der Waals surface area contributed by atoms with Crippen molar-refractivity contribution in [2.75, 3.05) is 5.75 Å². The summed E-state index contributed by atoms with van der Waals surface area (Å²) < 4.78 is 8.36. The van der Waals surface area contributed by atoms with Gasteiger partial charge in [-0.1, -0.05) is 71.9 Å². The van der Waals surface area contributed by atoms with Crippen LogP contribution in [-0.2, 0) is 29.7 Å². The summed E-state index contributed by atoms with van der Waals surface area (Å²) in [5.74, 6) is -0.369. The lowest BCUT2D eigenvalue weighted by molar-refractivity contribution is -0.141. The number of benzene rings is 2. The summed E-state index contributed by atoms with van der Waals surface area (Å²) in [4.78, 5) is 43.7. The van der Waals surface area contributed by atoms with E-state index in [1.54, 1.807) is 11.6 Å². The minimum absolute atomic E-state index is 0.0237. The highest BCUT2D eigenvalue weighted by Crippen LogP contribution is 2.23. The molecule has 2 aromatic heterocycles. The number of hydrogen-bond donors (Lipinski definition) is 1. The quantitative estimate of drug-likeness (QED) is 0.343. The number of aromatic nitrogens is 4. The molecular formula is C23H22N4O4S. The third kappa shape index (κ3) is 4.67. The maximum Gasteiger partial charge on any atom is 0.329 e. The number of thioether (sulfide) groups is 1. The predicted octanol–water partition coefficient (Wildman–Crippen LogP) is 2.62. The molecule has 0 aliphatic carbocycles. The van der Waals surface area contributed by atoms with Crippen molar-refractivity contribution in [1.82, 2.24) is 19.1 Å². The Bertz CT molecular complexity index is 1370. The summed E-state index contributed by atoms with van der Waals surface area (Å²) in [5, 5.41) is 0.462. The molecule has 4 aromatic rings. The fraction of sp³-hybridized carbons (Fsp3) is 0.217. The molecule has 0 amide bonds. The molecule has 0 atom stereocenters. The van der Waals surface area contributed by atoms with Gasteiger partial charge in [-0.25, -0.2) is 9.78 Å². The van der Waals surface area contributed by atoms with Crippen LogP contribution in [0, 0.1) is 6.92 Å². The molecule has 164 valence electrons. The molecule has 32 heavy (non-hydrogen) atoms. The van der Waals surface area contributed by atoms with Crippen molar-refractivity contribution in [3.63, 3.8) is 0 Å². The van der Waals surface area contributed by atoms with E-state index in [9.17, 15) is 14.4 Å². The number of esters is 1. The molecule has 0 unspecified atom stereocenters. The van der Waals surface area contributed by atoms with E-state index >= 15 is 0 Å². The predicted molar refractivity (Wildman–Crippen MR) is 123 cm³/mol. The van der Waals surface area contributed by atoms with Crippen LogP contribution in [0.25, 0.3) is 11.2 Å². The van der Waals surface area contributed by atoms with Crippen LogP contribution in [0.3, 0.4) is 0 Å². The molecule has 4 rings (SSSR count). The molecule has 0 aliphatic heterocycles. The fourth-order valence-electron chi connectivity index (χ4n) is 3.25. The second-order valence-electron chi connectivity index (χ2n) is 7.39. The van der Waals surface area contributed by atoms with Crippen LogP contribution in [-0.4, -0.2) is 30.8 Å². The zero-order valence-electron chi connectivity index (χ0n) is 17.7. The molecule has 0 aliphatic rings. The first-order chi connectivity index (χ1) is 15.4. The average Bonchev–Trinajstić information content (AvgIpc) is 3.15. The lowest BCUT2D eigenvalue weighted by atomic mass is 10.1. The van der Waals surface area contributed by atoms with Crippen molar-refractivity contribution in [2.45, 2.75) is 25.2 Å². The highest BCUT2D eigenvalue weighted by atomic mass is 32.2. The Balaban J connectivity index is 1.60. The van der Waals surface area contributed by atoms with E-state index in [4.69, 9.17) is 4.74 Å². The van der Waals surface area contributed by atoms with E-state index < -0.39 is 17.2 Å². The minimum atomic E-state index is -0.540. The average molecular weight is 451 g/mol. The van der Waals surface area contributed by atoms with Gasteiger partial charge < -0.3 is 9.30 Å². The molecule has 2 heterocycles. The van der Waals surface area contributed by atoms with Gasteiger partial charge in [0.1, 0.15) is 6.61 Å². The van der Waals surface area contributed by atoms with Gasteiger partial charge in [0.15, 0.2) is 16.3 Å². The number of nitrogens with one attached hydrogen (secondary N) is 1. The standard InChI is InChI=1S/C23H22N4O4S/c1-15-8-10-16(11-9-15)12-27-19-20(26(2)22(30)25-21(19)29)24-23(27)32-14-18(28)31-13-17-6-4-3-5-7-17/h3-11H,12-14H2,1-2H3,(H,25,29,30). The second kappa shape index (κ2) is 9.27. The Hall–Kier alpha value is -3.59. The van der Waals surface area contributed by atoms with Crippen molar-refractivity contribution < 1.29 is 9.53 Å². The van der Waals surface area contributed by atoms with Gasteiger partial charge in [0.25, 0.3) is 5.56 Å². The first-order valence-electron chi connectivity index (χ1n) is 10.00. The number of carbonyl (C=O) groups excluding carboxylic acids is 1. The van der Waals surface area contributed by atoms with E-state index in [0.29, 0.717) is 11.7 Å². The van der Waals surface area contributed by atoms with Crippen molar-refractivity contribution >= 4 is 28.9 Å². The number of carbonyl (C=O) groups is 1. The number of hydrogen-bond acceptors (Lipinski definition) is 6. The number of rotatable bonds is 7. The Kier molecular flexibility index (Phi) is 6.27. The van der Waals surface area contributed by atoms with Crippen LogP contribution in [0.1, 0.15) is 16.7 Å². The first-order valence-corrected chi connectivity index (χ1v) is 11.0. The first kappa shape index (κ1) is 21.6. The molecule has 0 spiro atoms. The van der Waals surface area contributed by atoms with Gasteiger partial charge >= 0.3 is 11.7 Å². The molecule has 1 N–H and O–H groups in total. The van der Waals surface area contributed by atoms with Gasteiger partial charge in [0, 0.05) is 7.05 Å². The number of ether oxygens (including phenoxy) is 1. The number of aryl methyl sites for hydroxylation is 2. The summed E-state index contributed by atoms with van der Waals surface area (Å²) in [5.41, 5.74) is 2.50. The molecule has 8 nitrogen and oxygen atoms in total. The van der Waals surface area contributed by atoms with Gasteiger partial charge in [0.2, 0.25) is 0 Å². The second-order valence-corrected chi connectivity index (χ2v) is 8.33. The van der Waals surface area contributed by atoms with E-state index in [0.717, 1.165) is 16.7 Å². The largest absolute Gasteiger partial charge is 0.460 e. The lowest BCUT2D eigenvalue weighted by Gasteiger charge is -2.09. The number of fused-ring (bicyclic) bond motifs is 1. The molecule has 0 saturated carbocycles. The molecule has 9 heteroatoms. The molecule has 2 aromatic carbocycles. The van der Waals surface area contributed by atoms with Crippen molar-refractivity contribution in [3.8, 4) is 0 Å². The van der Waals surface area contributed by atoms with E-state index in [-0.39, 0.29) is 23.5 Å². The van der Waals surface area contributed by atoms with Crippen LogP contribution in [0.5, 0.6) is 0 Å². The van der Waals surface area contributed by atoms with Crippen molar-refractivity contribution in [3.05, 3.63) is 92.1 Å². The fourth-order valence-corrected chi connectivity index (χ4v) is 4.04. The molecule has 0 bridgehead atoms. The van der Waals surface area contributed by atoms with E-state index in [1.807, 2.05) is 61.5 Å². The Morgan fingerprint density at radius 1 is 1.06 bits per heavy atom. The summed E-state index contributed by atoms with van der Waals surface area (Å²) in [6.07, 6.45) is 0. The zero-order valence-corrected chi connectivity index (χ0v) is 18.5. The zero-order chi connectivity index (χ0) is 22.7. The smallest absolute Gasteiger partial charge is 0.329 e. The molecule has 0 radical (unpaired) electrons.